The van der Waals surface area contributed by atoms with Crippen LogP contribution in [0.1, 0.15) is 11.1 Å². The molecule has 11 nitrogen and oxygen atoms in total. The Balaban J connectivity index is 0.000000221. The summed E-state index contributed by atoms with van der Waals surface area (Å²) in [6, 6.07) is 10.2. The van der Waals surface area contributed by atoms with Gasteiger partial charge < -0.3 is 10.1 Å². The largest absolute Gasteiger partial charge is 0.501 e. The number of hydrogen-bond donors (Lipinski definition) is 2. The predicted molar refractivity (Wildman–Crippen MR) is 146 cm³/mol. The number of pyridine rings is 2. The number of nitrogens with one attached hydrogen (secondary N) is 1. The SMILES string of the molecule is Cc1ccc2c(Cl)c([N+](=O)[O-])c(Cl)nc2c1.Cc1ccc2c(O)c([N+](=O)[O-])c(=O)[nH]c2c1.O=P(Cl)(Cl)Cl. The molecular formula is C20H14Cl5N4O7P. The van der Waals surface area contributed by atoms with E-state index < -0.39 is 32.0 Å². The first-order valence-electron chi connectivity index (χ1n) is 9.60. The molecule has 4 rings (SSSR count). The molecule has 0 unspecified atom stereocenters. The number of nitrogens with zero attached hydrogens (tertiary/aromatic N) is 3. The van der Waals surface area contributed by atoms with Crippen LogP contribution in [0.25, 0.3) is 21.8 Å². The summed E-state index contributed by atoms with van der Waals surface area (Å²) in [6.45, 7) is 3.71. The third-order valence-corrected chi connectivity index (χ3v) is 5.14. The van der Waals surface area contributed by atoms with Gasteiger partial charge in [-0.25, -0.2) is 4.98 Å². The van der Waals surface area contributed by atoms with Crippen LogP contribution in [0.2, 0.25) is 10.2 Å². The second kappa shape index (κ2) is 12.3. The zero-order valence-electron chi connectivity index (χ0n) is 18.5. The minimum atomic E-state index is -3.22. The number of halogens is 5. The molecule has 196 valence electrons. The van der Waals surface area contributed by atoms with Gasteiger partial charge in [0.25, 0.3) is 0 Å². The Morgan fingerprint density at radius 2 is 1.41 bits per heavy atom. The van der Waals surface area contributed by atoms with Crippen molar-refractivity contribution in [3.05, 3.63) is 88.3 Å². The van der Waals surface area contributed by atoms with Crippen LogP contribution in [0.5, 0.6) is 5.75 Å². The number of aromatic nitrogens is 2. The average molecular weight is 631 g/mol. The number of aryl methyl sites for hydroxylation is 2. The highest BCUT2D eigenvalue weighted by molar-refractivity contribution is 8.24. The van der Waals surface area contributed by atoms with Crippen molar-refractivity contribution in [2.75, 3.05) is 0 Å². The van der Waals surface area contributed by atoms with Crippen molar-refractivity contribution in [2.24, 2.45) is 0 Å². The fourth-order valence-corrected chi connectivity index (χ4v) is 3.63. The Labute approximate surface area is 231 Å². The summed E-state index contributed by atoms with van der Waals surface area (Å²) >= 11 is 25.5. The molecule has 0 amide bonds. The van der Waals surface area contributed by atoms with Gasteiger partial charge >= 0.3 is 22.1 Å². The van der Waals surface area contributed by atoms with Crippen LogP contribution >= 0.6 is 62.1 Å². The number of fused-ring (bicyclic) bond motifs is 2. The van der Waals surface area contributed by atoms with Crippen LogP contribution in [-0.2, 0) is 4.57 Å². The molecule has 0 aliphatic carbocycles. The Hall–Kier alpha value is -2.66. The highest BCUT2D eigenvalue weighted by atomic mass is 36.0. The quantitative estimate of drug-likeness (QED) is 0.0971. The number of aromatic hydroxyl groups is 1. The van der Waals surface area contributed by atoms with E-state index >= 15 is 0 Å². The monoisotopic (exact) mass is 628 g/mol. The molecule has 2 aromatic heterocycles. The standard InChI is InChI=1S/C10H6Cl2N2O2.C10H8N2O4.Cl3OP/c1-5-2-3-6-7(4-5)13-10(12)9(8(6)11)14(15)16;1-5-2-3-6-7(4-5)11-10(14)8(9(6)13)12(15)16;1-5(2,3)4/h2-4H,1H3;2-4H,1H3,(H2,11,13,14);. The maximum Gasteiger partial charge on any atom is 0.375 e. The van der Waals surface area contributed by atoms with E-state index in [1.165, 1.54) is 6.07 Å². The van der Waals surface area contributed by atoms with Crippen LogP contribution in [0.3, 0.4) is 0 Å². The Morgan fingerprint density at radius 3 is 1.92 bits per heavy atom. The molecule has 2 aromatic carbocycles. The summed E-state index contributed by atoms with van der Waals surface area (Å²) in [4.78, 5) is 37.5. The van der Waals surface area contributed by atoms with Crippen LogP contribution in [-0.4, -0.2) is 24.9 Å². The van der Waals surface area contributed by atoms with Crippen molar-refractivity contribution in [1.29, 1.82) is 0 Å². The highest BCUT2D eigenvalue weighted by Gasteiger charge is 2.23. The number of hydrogen-bond acceptors (Lipinski definition) is 8. The molecule has 17 heteroatoms. The number of H-pyrrole nitrogens is 1. The summed E-state index contributed by atoms with van der Waals surface area (Å²) < 4.78 is 9.51. The molecule has 4 aromatic rings. The van der Waals surface area contributed by atoms with Gasteiger partial charge in [-0.3, -0.25) is 29.6 Å². The first-order chi connectivity index (χ1) is 17.0. The average Bonchev–Trinajstić information content (AvgIpc) is 2.71. The van der Waals surface area contributed by atoms with Gasteiger partial charge in [-0.1, -0.05) is 41.4 Å². The summed E-state index contributed by atoms with van der Waals surface area (Å²) in [5.74, 6) is -0.594. The number of aromatic amines is 1. The second-order valence-corrected chi connectivity index (χ2v) is 14.6. The van der Waals surface area contributed by atoms with E-state index in [9.17, 15) is 34.7 Å². The van der Waals surface area contributed by atoms with Gasteiger partial charge in [0.15, 0.2) is 0 Å². The maximum absolute atomic E-state index is 11.3. The van der Waals surface area contributed by atoms with E-state index in [2.05, 4.69) is 43.7 Å². The highest BCUT2D eigenvalue weighted by Crippen LogP contribution is 2.61. The molecule has 2 heterocycles. The molecule has 0 fully saturated rings. The number of nitro groups is 2. The van der Waals surface area contributed by atoms with Gasteiger partial charge in [-0.15, -0.1) is 0 Å². The van der Waals surface area contributed by atoms with Crippen LogP contribution in [0, 0.1) is 34.1 Å². The predicted octanol–water partition coefficient (Wildman–Crippen LogP) is 8.02. The number of benzene rings is 2. The first-order valence-corrected chi connectivity index (χ1v) is 14.8. The Morgan fingerprint density at radius 1 is 0.919 bits per heavy atom. The lowest BCUT2D eigenvalue weighted by Gasteiger charge is -2.03. The smallest absolute Gasteiger partial charge is 0.375 e. The molecule has 0 saturated carbocycles. The molecule has 0 radical (unpaired) electrons. The minimum absolute atomic E-state index is 0.0278. The summed E-state index contributed by atoms with van der Waals surface area (Å²) in [6.07, 6.45) is 0. The van der Waals surface area contributed by atoms with Crippen molar-refractivity contribution >= 4 is 95.3 Å². The molecule has 0 saturated heterocycles. The molecule has 0 spiro atoms. The zero-order valence-corrected chi connectivity index (χ0v) is 23.2. The summed E-state index contributed by atoms with van der Waals surface area (Å²) in [7, 11) is 0. The van der Waals surface area contributed by atoms with E-state index in [1.54, 1.807) is 24.3 Å². The molecular weight excluding hydrogens is 616 g/mol. The van der Waals surface area contributed by atoms with Gasteiger partial charge in [0.2, 0.25) is 10.9 Å². The van der Waals surface area contributed by atoms with Gasteiger partial charge in [0.05, 0.1) is 20.9 Å². The van der Waals surface area contributed by atoms with Crippen LogP contribution < -0.4 is 5.56 Å². The Kier molecular flexibility index (Phi) is 10.1. The minimum Gasteiger partial charge on any atom is -0.501 e. The van der Waals surface area contributed by atoms with Gasteiger partial charge in [-0.05, 0) is 76.9 Å². The van der Waals surface area contributed by atoms with Gasteiger partial charge in [-0.2, -0.15) is 0 Å². The van der Waals surface area contributed by atoms with Crippen LogP contribution in [0.4, 0.5) is 11.4 Å². The summed E-state index contributed by atoms with van der Waals surface area (Å²) in [5.41, 5.74) is 0.739. The van der Waals surface area contributed by atoms with E-state index in [1.807, 2.05) is 19.9 Å². The zero-order chi connectivity index (χ0) is 28.2. The second-order valence-electron chi connectivity index (χ2n) is 7.20. The van der Waals surface area contributed by atoms with Gasteiger partial charge in [0.1, 0.15) is 5.02 Å². The van der Waals surface area contributed by atoms with E-state index in [0.29, 0.717) is 16.4 Å². The topological polar surface area (TPSA) is 169 Å². The molecule has 0 aliphatic heterocycles. The van der Waals surface area contributed by atoms with E-state index in [4.69, 9.17) is 23.2 Å². The normalized spacial score (nSPS) is 10.8. The fourth-order valence-electron chi connectivity index (χ4n) is 3.01. The molecule has 0 bridgehead atoms. The van der Waals surface area contributed by atoms with Crippen LogP contribution in [0.15, 0.2) is 41.2 Å². The lowest BCUT2D eigenvalue weighted by Crippen LogP contribution is -2.11. The maximum atomic E-state index is 11.3. The van der Waals surface area contributed by atoms with Crippen molar-refractivity contribution < 1.29 is 19.5 Å². The number of rotatable bonds is 2. The van der Waals surface area contributed by atoms with Crippen molar-refractivity contribution in [3.63, 3.8) is 0 Å². The van der Waals surface area contributed by atoms with Crippen molar-refractivity contribution in [2.45, 2.75) is 13.8 Å². The van der Waals surface area contributed by atoms with Gasteiger partial charge in [0, 0.05) is 10.8 Å². The van der Waals surface area contributed by atoms with Crippen molar-refractivity contribution in [3.8, 4) is 5.75 Å². The van der Waals surface area contributed by atoms with E-state index in [0.717, 1.165) is 11.1 Å². The van der Waals surface area contributed by atoms with Crippen molar-refractivity contribution in [1.82, 2.24) is 9.97 Å². The third kappa shape index (κ3) is 8.16. The lowest BCUT2D eigenvalue weighted by atomic mass is 10.1. The molecule has 2 N–H and O–H groups in total. The summed E-state index contributed by atoms with van der Waals surface area (Å²) in [5, 5.41) is 28.4. The third-order valence-electron chi connectivity index (χ3n) is 4.49. The fraction of sp³-hybridized carbons (Fsp3) is 0.100. The first kappa shape index (κ1) is 30.6. The molecule has 0 aliphatic rings. The molecule has 0 atom stereocenters. The molecule has 37 heavy (non-hydrogen) atoms. The lowest BCUT2D eigenvalue weighted by molar-refractivity contribution is -0.387. The Bertz CT molecular complexity index is 1630. The van der Waals surface area contributed by atoms with E-state index in [-0.39, 0.29) is 21.2 Å².